The van der Waals surface area contributed by atoms with Crippen LogP contribution in [0.4, 0.5) is 0 Å². The molecule has 5 nitrogen and oxygen atoms in total. The van der Waals surface area contributed by atoms with Gasteiger partial charge in [0.15, 0.2) is 5.76 Å². The highest BCUT2D eigenvalue weighted by Gasteiger charge is 2.36. The number of hydrogen-bond donors (Lipinski definition) is 0. The summed E-state index contributed by atoms with van der Waals surface area (Å²) >= 11 is 1.61. The molecule has 3 aromatic heterocycles. The van der Waals surface area contributed by atoms with Gasteiger partial charge in [-0.1, -0.05) is 0 Å². The van der Waals surface area contributed by atoms with Crippen molar-refractivity contribution in [2.24, 2.45) is 5.10 Å². The van der Waals surface area contributed by atoms with Crippen LogP contribution in [0.2, 0.25) is 0 Å². The number of thiophene rings is 1. The van der Waals surface area contributed by atoms with Crippen molar-refractivity contribution in [3.05, 3.63) is 70.7 Å². The van der Waals surface area contributed by atoms with Crippen molar-refractivity contribution in [3.63, 3.8) is 0 Å². The van der Waals surface area contributed by atoms with Gasteiger partial charge in [-0.05, 0) is 41.1 Å². The fourth-order valence-corrected chi connectivity index (χ4v) is 3.18. The number of carbonyl (C=O) groups is 1. The van der Waals surface area contributed by atoms with E-state index in [1.54, 1.807) is 29.7 Å². The first-order valence-electron chi connectivity index (χ1n) is 6.83. The van der Waals surface area contributed by atoms with Gasteiger partial charge in [0.2, 0.25) is 0 Å². The van der Waals surface area contributed by atoms with Crippen molar-refractivity contribution in [3.8, 4) is 0 Å². The molecule has 6 heteroatoms. The van der Waals surface area contributed by atoms with Gasteiger partial charge in [-0.2, -0.15) is 16.4 Å². The van der Waals surface area contributed by atoms with Crippen LogP contribution in [0.25, 0.3) is 0 Å². The molecular formula is C16H12N2O3S. The zero-order valence-corrected chi connectivity index (χ0v) is 12.3. The molecule has 0 spiro atoms. The van der Waals surface area contributed by atoms with E-state index in [9.17, 15) is 4.79 Å². The molecule has 0 saturated heterocycles. The molecule has 1 aliphatic rings. The summed E-state index contributed by atoms with van der Waals surface area (Å²) in [7, 11) is 0. The second-order valence-electron chi connectivity index (χ2n) is 4.92. The van der Waals surface area contributed by atoms with Gasteiger partial charge in [0.1, 0.15) is 11.8 Å². The van der Waals surface area contributed by atoms with Gasteiger partial charge in [-0.25, -0.2) is 5.01 Å². The Labute approximate surface area is 130 Å². The third-order valence-corrected chi connectivity index (χ3v) is 4.26. The van der Waals surface area contributed by atoms with Gasteiger partial charge in [-0.15, -0.1) is 0 Å². The van der Waals surface area contributed by atoms with Crippen LogP contribution >= 0.6 is 11.3 Å². The molecule has 0 radical (unpaired) electrons. The summed E-state index contributed by atoms with van der Waals surface area (Å²) in [5, 5.41) is 9.98. The van der Waals surface area contributed by atoms with Crippen molar-refractivity contribution in [2.45, 2.75) is 12.5 Å². The number of rotatable bonds is 3. The molecule has 3 aromatic rings. The Hall–Kier alpha value is -2.60. The molecule has 0 N–H and O–H groups in total. The van der Waals surface area contributed by atoms with E-state index in [1.807, 2.05) is 29.0 Å². The number of amides is 1. The average Bonchev–Trinajstić information content (AvgIpc) is 3.35. The second-order valence-corrected chi connectivity index (χ2v) is 5.70. The first kappa shape index (κ1) is 13.1. The molecule has 0 aliphatic carbocycles. The third kappa shape index (κ3) is 2.17. The fourth-order valence-electron chi connectivity index (χ4n) is 2.52. The molecule has 4 rings (SSSR count). The van der Waals surface area contributed by atoms with Crippen LogP contribution in [0.15, 0.2) is 67.6 Å². The summed E-state index contributed by atoms with van der Waals surface area (Å²) in [5.74, 6) is 0.720. The van der Waals surface area contributed by atoms with Crippen molar-refractivity contribution in [2.75, 3.05) is 0 Å². The number of hydrogen-bond acceptors (Lipinski definition) is 5. The SMILES string of the molecule is O=C(c1ccco1)N1N=C(c2ccsc2)C[C@H]1c1ccco1. The van der Waals surface area contributed by atoms with E-state index < -0.39 is 0 Å². The first-order chi connectivity index (χ1) is 10.8. The van der Waals surface area contributed by atoms with Crippen LogP contribution < -0.4 is 0 Å². The van der Waals surface area contributed by atoms with Gasteiger partial charge >= 0.3 is 5.91 Å². The predicted molar refractivity (Wildman–Crippen MR) is 81.8 cm³/mol. The number of nitrogens with zero attached hydrogens (tertiary/aromatic N) is 2. The van der Waals surface area contributed by atoms with Gasteiger partial charge in [-0.3, -0.25) is 4.79 Å². The van der Waals surface area contributed by atoms with Crippen LogP contribution in [-0.4, -0.2) is 16.6 Å². The molecule has 0 saturated carbocycles. The number of carbonyl (C=O) groups excluding carboxylic acids is 1. The van der Waals surface area contributed by atoms with Gasteiger partial charge in [0.05, 0.1) is 18.2 Å². The topological polar surface area (TPSA) is 59.0 Å². The standard InChI is InChI=1S/C16H12N2O3S/c19-16(15-4-2-7-21-15)18-13(14-3-1-6-20-14)9-12(17-18)11-5-8-22-10-11/h1-8,10,13H,9H2/t13-/m0/s1. The van der Waals surface area contributed by atoms with Gasteiger partial charge < -0.3 is 8.83 Å². The van der Waals surface area contributed by atoms with Crippen LogP contribution in [0.3, 0.4) is 0 Å². The van der Waals surface area contributed by atoms with Crippen LogP contribution in [0.5, 0.6) is 0 Å². The lowest BCUT2D eigenvalue weighted by molar-refractivity contribution is 0.0660. The number of hydrazone groups is 1. The molecule has 22 heavy (non-hydrogen) atoms. The maximum absolute atomic E-state index is 12.6. The Kier molecular flexibility index (Phi) is 3.16. The Bertz CT molecular complexity index is 789. The Morgan fingerprint density at radius 3 is 2.77 bits per heavy atom. The minimum atomic E-state index is -0.267. The zero-order valence-electron chi connectivity index (χ0n) is 11.5. The molecule has 0 aromatic carbocycles. The molecule has 0 unspecified atom stereocenters. The Balaban J connectivity index is 1.71. The average molecular weight is 312 g/mol. The summed E-state index contributed by atoms with van der Waals surface area (Å²) in [6.07, 6.45) is 3.71. The lowest BCUT2D eigenvalue weighted by Crippen LogP contribution is -2.26. The maximum atomic E-state index is 12.6. The lowest BCUT2D eigenvalue weighted by Gasteiger charge is -2.18. The number of furan rings is 2. The highest BCUT2D eigenvalue weighted by Crippen LogP contribution is 2.34. The van der Waals surface area contributed by atoms with Crippen molar-refractivity contribution in [1.29, 1.82) is 0 Å². The van der Waals surface area contributed by atoms with E-state index in [2.05, 4.69) is 5.10 Å². The quantitative estimate of drug-likeness (QED) is 0.736. The van der Waals surface area contributed by atoms with E-state index in [0.29, 0.717) is 12.2 Å². The molecule has 1 atom stereocenters. The molecule has 110 valence electrons. The normalized spacial score (nSPS) is 17.7. The van der Waals surface area contributed by atoms with Crippen molar-refractivity contribution < 1.29 is 13.6 Å². The molecular weight excluding hydrogens is 300 g/mol. The van der Waals surface area contributed by atoms with E-state index in [0.717, 1.165) is 11.3 Å². The Morgan fingerprint density at radius 2 is 2.09 bits per heavy atom. The summed E-state index contributed by atoms with van der Waals surface area (Å²) in [5.41, 5.74) is 1.92. The Morgan fingerprint density at radius 1 is 1.23 bits per heavy atom. The van der Waals surface area contributed by atoms with Gasteiger partial charge in [0, 0.05) is 12.0 Å². The fraction of sp³-hybridized carbons (Fsp3) is 0.125. The van der Waals surface area contributed by atoms with Crippen LogP contribution in [0, 0.1) is 0 Å². The minimum absolute atomic E-state index is 0.248. The monoisotopic (exact) mass is 312 g/mol. The summed E-state index contributed by atoms with van der Waals surface area (Å²) in [6, 6.07) is 8.76. The minimum Gasteiger partial charge on any atom is -0.467 e. The smallest absolute Gasteiger partial charge is 0.310 e. The lowest BCUT2D eigenvalue weighted by atomic mass is 10.0. The van der Waals surface area contributed by atoms with Crippen molar-refractivity contribution in [1.82, 2.24) is 5.01 Å². The largest absolute Gasteiger partial charge is 0.467 e. The summed E-state index contributed by atoms with van der Waals surface area (Å²) in [6.45, 7) is 0. The first-order valence-corrected chi connectivity index (χ1v) is 7.78. The van der Waals surface area contributed by atoms with E-state index in [-0.39, 0.29) is 17.7 Å². The van der Waals surface area contributed by atoms with Gasteiger partial charge in [0.25, 0.3) is 0 Å². The van der Waals surface area contributed by atoms with Crippen LogP contribution in [0.1, 0.15) is 34.3 Å². The summed E-state index contributed by atoms with van der Waals surface area (Å²) < 4.78 is 10.7. The molecule has 0 bridgehead atoms. The van der Waals surface area contributed by atoms with Crippen molar-refractivity contribution >= 4 is 23.0 Å². The predicted octanol–water partition coefficient (Wildman–Crippen LogP) is 3.93. The van der Waals surface area contributed by atoms with Crippen LogP contribution in [-0.2, 0) is 0 Å². The third-order valence-electron chi connectivity index (χ3n) is 3.58. The second kappa shape index (κ2) is 5.31. The molecule has 1 aliphatic heterocycles. The molecule has 1 amide bonds. The van der Waals surface area contributed by atoms with E-state index >= 15 is 0 Å². The van der Waals surface area contributed by atoms with E-state index in [4.69, 9.17) is 8.83 Å². The molecule has 4 heterocycles. The van der Waals surface area contributed by atoms with E-state index in [1.165, 1.54) is 11.3 Å². The summed E-state index contributed by atoms with van der Waals surface area (Å²) in [4.78, 5) is 12.6. The maximum Gasteiger partial charge on any atom is 0.310 e. The highest BCUT2D eigenvalue weighted by atomic mass is 32.1. The zero-order chi connectivity index (χ0) is 14.9. The highest BCUT2D eigenvalue weighted by molar-refractivity contribution is 7.08. The molecule has 0 fully saturated rings.